The zero-order valence-corrected chi connectivity index (χ0v) is 16.7. The molecule has 0 spiro atoms. The van der Waals surface area contributed by atoms with Crippen LogP contribution in [0.15, 0.2) is 51.9 Å². The van der Waals surface area contributed by atoms with Crippen LogP contribution < -0.4 is 20.1 Å². The summed E-state index contributed by atoms with van der Waals surface area (Å²) in [7, 11) is 0. The fourth-order valence-corrected chi connectivity index (χ4v) is 3.41. The molecule has 1 fully saturated rings. The van der Waals surface area contributed by atoms with Crippen LogP contribution in [0.4, 0.5) is 5.69 Å². The van der Waals surface area contributed by atoms with Gasteiger partial charge in [0, 0.05) is 22.3 Å². The van der Waals surface area contributed by atoms with Crippen molar-refractivity contribution in [3.63, 3.8) is 0 Å². The van der Waals surface area contributed by atoms with E-state index >= 15 is 0 Å². The number of carbonyl (C=O) groups is 1. The summed E-state index contributed by atoms with van der Waals surface area (Å²) in [6, 6.07) is 12.7. The summed E-state index contributed by atoms with van der Waals surface area (Å²) in [6.07, 6.45) is 2.10. The van der Waals surface area contributed by atoms with Crippen LogP contribution in [0, 0.1) is 0 Å². The van der Waals surface area contributed by atoms with Crippen LogP contribution in [0.3, 0.4) is 0 Å². The molecule has 1 atom stereocenters. The van der Waals surface area contributed by atoms with Gasteiger partial charge < -0.3 is 19.5 Å². The maximum Gasteiger partial charge on any atom is 0.258 e. The number of benzene rings is 2. The number of anilines is 1. The van der Waals surface area contributed by atoms with Crippen molar-refractivity contribution < 1.29 is 19.0 Å². The van der Waals surface area contributed by atoms with E-state index in [1.807, 2.05) is 24.3 Å². The number of aliphatic imine (C=N–C) groups is 1. The first kappa shape index (κ1) is 18.8. The molecular weight excluding hydrogens is 426 g/mol. The molecule has 7 nitrogen and oxygen atoms in total. The molecule has 2 aliphatic heterocycles. The number of fused-ring (bicyclic) bond motifs is 1. The largest absolute Gasteiger partial charge is 0.454 e. The van der Waals surface area contributed by atoms with Crippen molar-refractivity contribution in [2.75, 3.05) is 25.3 Å². The maximum atomic E-state index is 12.7. The second-order valence-electron chi connectivity index (χ2n) is 6.48. The van der Waals surface area contributed by atoms with E-state index in [0.29, 0.717) is 29.6 Å². The Hall–Kier alpha value is -2.58. The average molecular weight is 446 g/mol. The van der Waals surface area contributed by atoms with Crippen molar-refractivity contribution in [2.24, 2.45) is 4.99 Å². The fraction of sp³-hybridized carbons (Fsp3) is 0.300. The lowest BCUT2D eigenvalue weighted by Crippen LogP contribution is -2.36. The van der Waals surface area contributed by atoms with Crippen LogP contribution in [-0.2, 0) is 4.74 Å². The Morgan fingerprint density at radius 1 is 1.18 bits per heavy atom. The molecule has 2 aliphatic rings. The number of ether oxygens (including phenoxy) is 3. The predicted molar refractivity (Wildman–Crippen MR) is 109 cm³/mol. The summed E-state index contributed by atoms with van der Waals surface area (Å²) >= 11 is 3.45. The Morgan fingerprint density at radius 2 is 2.07 bits per heavy atom. The van der Waals surface area contributed by atoms with Gasteiger partial charge in [-0.25, -0.2) is 4.99 Å². The molecule has 0 unspecified atom stereocenters. The molecule has 0 aliphatic carbocycles. The van der Waals surface area contributed by atoms with Crippen LogP contribution in [-0.4, -0.2) is 37.9 Å². The van der Waals surface area contributed by atoms with E-state index in [2.05, 4.69) is 31.6 Å². The molecule has 1 amide bonds. The van der Waals surface area contributed by atoms with E-state index < -0.39 is 0 Å². The number of nitrogens with zero attached hydrogens (tertiary/aromatic N) is 1. The number of halogens is 1. The smallest absolute Gasteiger partial charge is 0.258 e. The maximum absolute atomic E-state index is 12.7. The SMILES string of the molecule is O=C(NC(=NC[C@H]1CCCO1)Nc1cccc(Br)c1)c1ccc2c(c1)OCO2. The quantitative estimate of drug-likeness (QED) is 0.555. The highest BCUT2D eigenvalue weighted by atomic mass is 79.9. The Morgan fingerprint density at radius 3 is 2.89 bits per heavy atom. The highest BCUT2D eigenvalue weighted by molar-refractivity contribution is 9.10. The molecule has 2 N–H and O–H groups in total. The van der Waals surface area contributed by atoms with Gasteiger partial charge in [-0.2, -0.15) is 0 Å². The molecule has 2 aromatic carbocycles. The van der Waals surface area contributed by atoms with E-state index in [9.17, 15) is 4.79 Å². The standard InChI is InChI=1S/C20H20BrN3O4/c21-14-3-1-4-15(10-14)23-20(22-11-16-5-2-8-26-16)24-19(25)13-6-7-17-18(9-13)28-12-27-17/h1,3-4,6-7,9-10,16H,2,5,8,11-12H2,(H2,22,23,24,25)/t16-/m1/s1. The second kappa shape index (κ2) is 8.62. The summed E-state index contributed by atoms with van der Waals surface area (Å²) in [5, 5.41) is 6.02. The van der Waals surface area contributed by atoms with Gasteiger partial charge in [0.1, 0.15) is 0 Å². The Labute approximate surface area is 171 Å². The van der Waals surface area contributed by atoms with Crippen molar-refractivity contribution in [3.8, 4) is 11.5 Å². The molecular formula is C20H20BrN3O4. The molecule has 2 heterocycles. The summed E-state index contributed by atoms with van der Waals surface area (Å²) in [5.41, 5.74) is 1.27. The van der Waals surface area contributed by atoms with Crippen molar-refractivity contribution >= 4 is 33.5 Å². The minimum atomic E-state index is -0.285. The van der Waals surface area contributed by atoms with Crippen LogP contribution in [0.2, 0.25) is 0 Å². The van der Waals surface area contributed by atoms with Gasteiger partial charge >= 0.3 is 0 Å². The number of guanidine groups is 1. The lowest BCUT2D eigenvalue weighted by Gasteiger charge is -2.14. The fourth-order valence-electron chi connectivity index (χ4n) is 3.01. The lowest BCUT2D eigenvalue weighted by atomic mass is 10.2. The average Bonchev–Trinajstić information content (AvgIpc) is 3.37. The topological polar surface area (TPSA) is 81.2 Å². The third kappa shape index (κ3) is 4.63. The first-order valence-electron chi connectivity index (χ1n) is 9.07. The monoisotopic (exact) mass is 445 g/mol. The number of amides is 1. The van der Waals surface area contributed by atoms with Gasteiger partial charge in [-0.05, 0) is 49.2 Å². The number of nitrogens with one attached hydrogen (secondary N) is 2. The van der Waals surface area contributed by atoms with Crippen molar-refractivity contribution in [1.82, 2.24) is 5.32 Å². The number of rotatable bonds is 4. The lowest BCUT2D eigenvalue weighted by molar-refractivity contribution is 0.0975. The van der Waals surface area contributed by atoms with Gasteiger partial charge in [0.2, 0.25) is 12.8 Å². The number of hydrogen-bond acceptors (Lipinski definition) is 5. The first-order valence-corrected chi connectivity index (χ1v) is 9.86. The number of hydrogen-bond donors (Lipinski definition) is 2. The summed E-state index contributed by atoms with van der Waals surface area (Å²) in [4.78, 5) is 17.3. The van der Waals surface area contributed by atoms with Crippen LogP contribution in [0.5, 0.6) is 11.5 Å². The normalized spacial score (nSPS) is 18.2. The van der Waals surface area contributed by atoms with Crippen molar-refractivity contribution in [3.05, 3.63) is 52.5 Å². The third-order valence-corrected chi connectivity index (χ3v) is 4.92. The van der Waals surface area contributed by atoms with E-state index in [4.69, 9.17) is 14.2 Å². The highest BCUT2D eigenvalue weighted by Gasteiger charge is 2.18. The molecule has 0 radical (unpaired) electrons. The van der Waals surface area contributed by atoms with Gasteiger partial charge in [0.05, 0.1) is 12.6 Å². The van der Waals surface area contributed by atoms with Gasteiger partial charge in [0.15, 0.2) is 11.5 Å². The Bertz CT molecular complexity index is 897. The second-order valence-corrected chi connectivity index (χ2v) is 7.40. The van der Waals surface area contributed by atoms with Crippen LogP contribution >= 0.6 is 15.9 Å². The molecule has 28 heavy (non-hydrogen) atoms. The molecule has 8 heteroatoms. The molecule has 4 rings (SSSR count). The van der Waals surface area contributed by atoms with E-state index in [1.54, 1.807) is 18.2 Å². The van der Waals surface area contributed by atoms with Gasteiger partial charge in [0.25, 0.3) is 5.91 Å². The molecule has 146 valence electrons. The van der Waals surface area contributed by atoms with Gasteiger partial charge in [-0.15, -0.1) is 0 Å². The molecule has 2 aromatic rings. The Kier molecular flexibility index (Phi) is 5.78. The van der Waals surface area contributed by atoms with E-state index in [0.717, 1.165) is 29.6 Å². The van der Waals surface area contributed by atoms with Gasteiger partial charge in [-0.1, -0.05) is 22.0 Å². The molecule has 0 saturated carbocycles. The summed E-state index contributed by atoms with van der Waals surface area (Å²) in [6.45, 7) is 1.41. The van der Waals surface area contributed by atoms with E-state index in [-0.39, 0.29) is 18.8 Å². The Balaban J connectivity index is 1.50. The highest BCUT2D eigenvalue weighted by Crippen LogP contribution is 2.32. The van der Waals surface area contributed by atoms with Gasteiger partial charge in [-0.3, -0.25) is 10.1 Å². The predicted octanol–water partition coefficient (Wildman–Crippen LogP) is 3.55. The summed E-state index contributed by atoms with van der Waals surface area (Å²) in [5.74, 6) is 1.28. The van der Waals surface area contributed by atoms with Crippen molar-refractivity contribution in [1.29, 1.82) is 0 Å². The number of carbonyl (C=O) groups excluding carboxylic acids is 1. The zero-order valence-electron chi connectivity index (χ0n) is 15.1. The molecule has 0 aromatic heterocycles. The summed E-state index contributed by atoms with van der Waals surface area (Å²) < 4.78 is 17.2. The minimum absolute atomic E-state index is 0.0850. The molecule has 1 saturated heterocycles. The minimum Gasteiger partial charge on any atom is -0.454 e. The molecule has 0 bridgehead atoms. The first-order chi connectivity index (χ1) is 13.7. The van der Waals surface area contributed by atoms with E-state index in [1.165, 1.54) is 0 Å². The third-order valence-electron chi connectivity index (χ3n) is 4.43. The van der Waals surface area contributed by atoms with Crippen LogP contribution in [0.25, 0.3) is 0 Å². The zero-order chi connectivity index (χ0) is 19.3. The van der Waals surface area contributed by atoms with Crippen molar-refractivity contribution in [2.45, 2.75) is 18.9 Å². The van der Waals surface area contributed by atoms with Crippen LogP contribution in [0.1, 0.15) is 23.2 Å².